The van der Waals surface area contributed by atoms with E-state index in [-0.39, 0.29) is 24.0 Å². The summed E-state index contributed by atoms with van der Waals surface area (Å²) in [5.74, 6) is 2.08. The van der Waals surface area contributed by atoms with Crippen molar-refractivity contribution >= 4 is 41.7 Å². The van der Waals surface area contributed by atoms with Crippen LogP contribution in [0.5, 0.6) is 0 Å². The van der Waals surface area contributed by atoms with Crippen molar-refractivity contribution in [2.24, 2.45) is 4.99 Å². The van der Waals surface area contributed by atoms with E-state index >= 15 is 0 Å². The zero-order valence-electron chi connectivity index (χ0n) is 11.7. The van der Waals surface area contributed by atoms with E-state index < -0.39 is 0 Å². The molecule has 0 aliphatic heterocycles. The van der Waals surface area contributed by atoms with Gasteiger partial charge in [0.25, 0.3) is 0 Å². The highest BCUT2D eigenvalue weighted by molar-refractivity contribution is 14.0. The van der Waals surface area contributed by atoms with Crippen molar-refractivity contribution in [2.75, 3.05) is 32.1 Å². The largest absolute Gasteiger partial charge is 0.356 e. The number of thioether (sulfide) groups is 1. The molecular formula is C14H24IN3S. The van der Waals surface area contributed by atoms with E-state index in [2.05, 4.69) is 46.1 Å². The predicted octanol–water partition coefficient (Wildman–Crippen LogP) is 2.77. The molecule has 0 radical (unpaired) electrons. The lowest BCUT2D eigenvalue weighted by Gasteiger charge is -2.11. The van der Waals surface area contributed by atoms with Crippen LogP contribution in [0.2, 0.25) is 0 Å². The molecule has 1 aromatic carbocycles. The van der Waals surface area contributed by atoms with Crippen LogP contribution in [0, 0.1) is 0 Å². The molecule has 0 aromatic heterocycles. The molecule has 0 unspecified atom stereocenters. The van der Waals surface area contributed by atoms with E-state index in [1.54, 1.807) is 0 Å². The smallest absolute Gasteiger partial charge is 0.190 e. The van der Waals surface area contributed by atoms with Gasteiger partial charge in [0, 0.05) is 20.1 Å². The van der Waals surface area contributed by atoms with Crippen molar-refractivity contribution in [3.8, 4) is 0 Å². The third kappa shape index (κ3) is 9.15. The molecule has 3 nitrogen and oxygen atoms in total. The van der Waals surface area contributed by atoms with E-state index in [0.717, 1.165) is 25.5 Å². The van der Waals surface area contributed by atoms with Gasteiger partial charge in [0.2, 0.25) is 0 Å². The summed E-state index contributed by atoms with van der Waals surface area (Å²) in [6, 6.07) is 10.5. The monoisotopic (exact) mass is 393 g/mol. The number of nitrogens with zero attached hydrogens (tertiary/aromatic N) is 1. The minimum atomic E-state index is 0. The van der Waals surface area contributed by atoms with Crippen LogP contribution in [-0.2, 0) is 6.42 Å². The summed E-state index contributed by atoms with van der Waals surface area (Å²) < 4.78 is 0. The summed E-state index contributed by atoms with van der Waals surface area (Å²) in [5, 5.41) is 6.64. The number of guanidine groups is 1. The van der Waals surface area contributed by atoms with Gasteiger partial charge in [-0.15, -0.1) is 24.0 Å². The van der Waals surface area contributed by atoms with Crippen molar-refractivity contribution in [3.05, 3.63) is 35.9 Å². The zero-order chi connectivity index (χ0) is 13.1. The van der Waals surface area contributed by atoms with E-state index in [9.17, 15) is 0 Å². The van der Waals surface area contributed by atoms with Crippen LogP contribution in [-0.4, -0.2) is 38.1 Å². The quantitative estimate of drug-likeness (QED) is 0.324. The molecule has 19 heavy (non-hydrogen) atoms. The fraction of sp³-hybridized carbons (Fsp3) is 0.500. The standard InChI is InChI=1S/C14H23N3S.HI/c1-15-14(16-10-6-12-18-2)17-11-9-13-7-4-3-5-8-13;/h3-5,7-8H,6,9-12H2,1-2H3,(H2,15,16,17);1H. The predicted molar refractivity (Wildman–Crippen MR) is 97.9 cm³/mol. The van der Waals surface area contributed by atoms with Gasteiger partial charge in [0.1, 0.15) is 0 Å². The number of halogens is 1. The number of aliphatic imine (C=N–C) groups is 1. The van der Waals surface area contributed by atoms with Crippen LogP contribution < -0.4 is 10.6 Å². The van der Waals surface area contributed by atoms with Gasteiger partial charge < -0.3 is 10.6 Å². The molecule has 0 amide bonds. The van der Waals surface area contributed by atoms with Gasteiger partial charge >= 0.3 is 0 Å². The molecule has 1 aromatic rings. The molecule has 0 aliphatic rings. The third-order valence-corrected chi connectivity index (χ3v) is 3.29. The second-order valence-corrected chi connectivity index (χ2v) is 4.99. The van der Waals surface area contributed by atoms with E-state index in [1.165, 1.54) is 17.7 Å². The number of benzene rings is 1. The normalized spacial score (nSPS) is 10.7. The van der Waals surface area contributed by atoms with Gasteiger partial charge in [-0.2, -0.15) is 11.8 Å². The molecule has 0 bridgehead atoms. The van der Waals surface area contributed by atoms with E-state index in [4.69, 9.17) is 0 Å². The Labute approximate surface area is 138 Å². The fourth-order valence-corrected chi connectivity index (χ4v) is 2.05. The van der Waals surface area contributed by atoms with Gasteiger partial charge in [0.05, 0.1) is 0 Å². The number of rotatable bonds is 7. The van der Waals surface area contributed by atoms with Gasteiger partial charge in [-0.05, 0) is 30.4 Å². The topological polar surface area (TPSA) is 36.4 Å². The Morgan fingerprint density at radius 3 is 2.47 bits per heavy atom. The molecule has 0 saturated carbocycles. The number of hydrogen-bond acceptors (Lipinski definition) is 2. The Morgan fingerprint density at radius 1 is 1.16 bits per heavy atom. The zero-order valence-corrected chi connectivity index (χ0v) is 14.8. The minimum absolute atomic E-state index is 0. The first-order valence-corrected chi connectivity index (χ1v) is 7.73. The molecule has 0 atom stereocenters. The van der Waals surface area contributed by atoms with E-state index in [1.807, 2.05) is 24.9 Å². The highest BCUT2D eigenvalue weighted by atomic mass is 127. The van der Waals surface area contributed by atoms with E-state index in [0.29, 0.717) is 0 Å². The average molecular weight is 393 g/mol. The lowest BCUT2D eigenvalue weighted by molar-refractivity contribution is 0.777. The second-order valence-electron chi connectivity index (χ2n) is 4.01. The Kier molecular flexibility index (Phi) is 12.3. The SMILES string of the molecule is CN=C(NCCCSC)NCCc1ccccc1.I. The molecular weight excluding hydrogens is 369 g/mol. The van der Waals surface area contributed by atoms with Crippen LogP contribution in [0.25, 0.3) is 0 Å². The van der Waals surface area contributed by atoms with Crippen molar-refractivity contribution in [2.45, 2.75) is 12.8 Å². The molecule has 0 spiro atoms. The van der Waals surface area contributed by atoms with Gasteiger partial charge in [-0.1, -0.05) is 30.3 Å². The fourth-order valence-electron chi connectivity index (χ4n) is 1.61. The maximum atomic E-state index is 4.20. The number of hydrogen-bond donors (Lipinski definition) is 2. The molecule has 108 valence electrons. The van der Waals surface area contributed by atoms with Gasteiger partial charge in [-0.3, -0.25) is 4.99 Å². The average Bonchev–Trinajstić information content (AvgIpc) is 2.42. The minimum Gasteiger partial charge on any atom is -0.356 e. The van der Waals surface area contributed by atoms with Crippen LogP contribution in [0.15, 0.2) is 35.3 Å². The van der Waals surface area contributed by atoms with Crippen LogP contribution >= 0.6 is 35.7 Å². The Bertz CT molecular complexity index is 344. The molecule has 2 N–H and O–H groups in total. The van der Waals surface area contributed by atoms with Crippen LogP contribution in [0.3, 0.4) is 0 Å². The Hall–Kier alpha value is -0.430. The lowest BCUT2D eigenvalue weighted by atomic mass is 10.1. The highest BCUT2D eigenvalue weighted by Gasteiger charge is 1.96. The van der Waals surface area contributed by atoms with Gasteiger partial charge in [0.15, 0.2) is 5.96 Å². The van der Waals surface area contributed by atoms with Crippen molar-refractivity contribution in [1.82, 2.24) is 10.6 Å². The van der Waals surface area contributed by atoms with Crippen molar-refractivity contribution < 1.29 is 0 Å². The maximum Gasteiger partial charge on any atom is 0.190 e. The first kappa shape index (κ1) is 18.6. The molecule has 0 aliphatic carbocycles. The summed E-state index contributed by atoms with van der Waals surface area (Å²) in [4.78, 5) is 4.20. The maximum absolute atomic E-state index is 4.20. The van der Waals surface area contributed by atoms with Crippen LogP contribution in [0.4, 0.5) is 0 Å². The first-order valence-electron chi connectivity index (χ1n) is 6.34. The van der Waals surface area contributed by atoms with Crippen molar-refractivity contribution in [1.29, 1.82) is 0 Å². The molecule has 0 heterocycles. The summed E-state index contributed by atoms with van der Waals surface area (Å²) in [7, 11) is 1.81. The van der Waals surface area contributed by atoms with Crippen LogP contribution in [0.1, 0.15) is 12.0 Å². The van der Waals surface area contributed by atoms with Crippen molar-refractivity contribution in [3.63, 3.8) is 0 Å². The summed E-state index contributed by atoms with van der Waals surface area (Å²) in [6.45, 7) is 1.89. The summed E-state index contributed by atoms with van der Waals surface area (Å²) in [5.41, 5.74) is 1.35. The van der Waals surface area contributed by atoms with Gasteiger partial charge in [-0.25, -0.2) is 0 Å². The first-order chi connectivity index (χ1) is 8.86. The lowest BCUT2D eigenvalue weighted by Crippen LogP contribution is -2.38. The molecule has 0 fully saturated rings. The highest BCUT2D eigenvalue weighted by Crippen LogP contribution is 1.98. The summed E-state index contributed by atoms with van der Waals surface area (Å²) in [6.07, 6.45) is 4.32. The second kappa shape index (κ2) is 12.6. The molecule has 1 rings (SSSR count). The third-order valence-electron chi connectivity index (χ3n) is 2.59. The Morgan fingerprint density at radius 2 is 1.84 bits per heavy atom. The summed E-state index contributed by atoms with van der Waals surface area (Å²) >= 11 is 1.88. The molecule has 0 saturated heterocycles. The number of nitrogens with one attached hydrogen (secondary N) is 2. The Balaban J connectivity index is 0.00000324. The molecule has 5 heteroatoms.